The summed E-state index contributed by atoms with van der Waals surface area (Å²) < 4.78 is 7.45. The molecule has 1 aliphatic carbocycles. The number of rotatable bonds is 1. The highest BCUT2D eigenvalue weighted by Crippen LogP contribution is 2.45. The van der Waals surface area contributed by atoms with Crippen LogP contribution in [0, 0.1) is 0 Å². The van der Waals surface area contributed by atoms with Crippen molar-refractivity contribution in [1.82, 2.24) is 4.90 Å². The van der Waals surface area contributed by atoms with E-state index in [1.54, 1.807) is 0 Å². The van der Waals surface area contributed by atoms with Crippen LogP contribution in [0.15, 0.2) is 22.7 Å². The third-order valence-corrected chi connectivity index (χ3v) is 5.20. The van der Waals surface area contributed by atoms with Crippen LogP contribution >= 0.6 is 15.9 Å². The molecule has 1 saturated carbocycles. The molecule has 0 radical (unpaired) electrons. The molecule has 1 spiro atoms. The minimum absolute atomic E-state index is 0.0458. The largest absolute Gasteiger partial charge is 0.485 e. The second kappa shape index (κ2) is 4.21. The van der Waals surface area contributed by atoms with Crippen LogP contribution in [0.1, 0.15) is 37.3 Å². The molecule has 0 bridgehead atoms. The van der Waals surface area contributed by atoms with Crippen molar-refractivity contribution >= 4 is 15.9 Å². The lowest BCUT2D eigenvalue weighted by molar-refractivity contribution is 0.0433. The van der Waals surface area contributed by atoms with Crippen LogP contribution in [0.3, 0.4) is 0 Å². The number of likely N-dealkylation sites (tertiary alicyclic amines) is 1. The highest BCUT2D eigenvalue weighted by Gasteiger charge is 2.48. The van der Waals surface area contributed by atoms with Gasteiger partial charge in [0.15, 0.2) is 0 Å². The zero-order valence-electron chi connectivity index (χ0n) is 10.9. The van der Waals surface area contributed by atoms with Crippen LogP contribution in [0.25, 0.3) is 0 Å². The summed E-state index contributed by atoms with van der Waals surface area (Å²) in [4.78, 5) is 2.59. The van der Waals surface area contributed by atoms with Gasteiger partial charge in [0.2, 0.25) is 0 Å². The summed E-state index contributed by atoms with van der Waals surface area (Å²) in [6.07, 6.45) is 4.79. The summed E-state index contributed by atoms with van der Waals surface area (Å²) in [5, 5.41) is 0. The molecule has 0 amide bonds. The second-order valence-electron chi connectivity index (χ2n) is 6.23. The van der Waals surface area contributed by atoms with Crippen molar-refractivity contribution in [2.75, 3.05) is 13.1 Å². The van der Waals surface area contributed by atoms with Crippen molar-refractivity contribution in [3.8, 4) is 5.75 Å². The van der Waals surface area contributed by atoms with E-state index in [2.05, 4.69) is 33.0 Å². The van der Waals surface area contributed by atoms with Crippen LogP contribution in [0.4, 0.5) is 0 Å². The van der Waals surface area contributed by atoms with Crippen molar-refractivity contribution in [3.63, 3.8) is 0 Å². The molecule has 1 aromatic rings. The van der Waals surface area contributed by atoms with Crippen LogP contribution < -0.4 is 10.5 Å². The molecule has 102 valence electrons. The standard InChI is InChI=1S/C15H19BrN2O/c16-10-1-4-12-13(17)8-15(19-14(12)7-10)5-6-18(9-15)11-2-3-11/h1,4,7,11,13H,2-3,5-6,8-9,17H2. The molecule has 4 heteroatoms. The predicted octanol–water partition coefficient (Wildman–Crippen LogP) is 2.84. The fraction of sp³-hybridized carbons (Fsp3) is 0.600. The minimum Gasteiger partial charge on any atom is -0.485 e. The Kier molecular flexibility index (Phi) is 2.70. The summed E-state index contributed by atoms with van der Waals surface area (Å²) in [5.74, 6) is 0.978. The van der Waals surface area contributed by atoms with Gasteiger partial charge in [0.05, 0.1) is 0 Å². The molecule has 2 N–H and O–H groups in total. The van der Waals surface area contributed by atoms with Gasteiger partial charge in [-0.3, -0.25) is 4.90 Å². The molecule has 2 atom stereocenters. The smallest absolute Gasteiger partial charge is 0.126 e. The second-order valence-corrected chi connectivity index (χ2v) is 7.15. The number of ether oxygens (including phenoxy) is 1. The molecular formula is C15H19BrN2O. The molecule has 2 aliphatic heterocycles. The van der Waals surface area contributed by atoms with Crippen LogP contribution in [-0.2, 0) is 0 Å². The Morgan fingerprint density at radius 1 is 1.37 bits per heavy atom. The molecule has 19 heavy (non-hydrogen) atoms. The molecule has 2 fully saturated rings. The fourth-order valence-corrected chi connectivity index (χ4v) is 3.91. The number of nitrogens with two attached hydrogens (primary N) is 1. The van der Waals surface area contributed by atoms with Gasteiger partial charge in [0.1, 0.15) is 11.4 Å². The van der Waals surface area contributed by atoms with Gasteiger partial charge in [-0.2, -0.15) is 0 Å². The minimum atomic E-state index is -0.0458. The lowest BCUT2D eigenvalue weighted by Gasteiger charge is -2.39. The topological polar surface area (TPSA) is 38.5 Å². The number of hydrogen-bond donors (Lipinski definition) is 1. The first-order chi connectivity index (χ1) is 9.15. The predicted molar refractivity (Wildman–Crippen MR) is 78.3 cm³/mol. The summed E-state index contributed by atoms with van der Waals surface area (Å²) >= 11 is 3.52. The molecule has 3 aliphatic rings. The number of hydrogen-bond acceptors (Lipinski definition) is 3. The molecule has 1 aromatic carbocycles. The van der Waals surface area contributed by atoms with E-state index in [-0.39, 0.29) is 11.6 Å². The number of fused-ring (bicyclic) bond motifs is 1. The lowest BCUT2D eigenvalue weighted by Crippen LogP contribution is -2.45. The average Bonchev–Trinajstić information content (AvgIpc) is 3.13. The van der Waals surface area contributed by atoms with Crippen molar-refractivity contribution in [2.45, 2.75) is 43.4 Å². The van der Waals surface area contributed by atoms with Crippen LogP contribution in [0.5, 0.6) is 5.75 Å². The Morgan fingerprint density at radius 3 is 3.00 bits per heavy atom. The Labute approximate surface area is 122 Å². The van der Waals surface area contributed by atoms with Gasteiger partial charge in [-0.1, -0.05) is 22.0 Å². The molecule has 2 heterocycles. The zero-order chi connectivity index (χ0) is 13.0. The van der Waals surface area contributed by atoms with Gasteiger partial charge in [-0.25, -0.2) is 0 Å². The first-order valence-electron chi connectivity index (χ1n) is 7.13. The first kappa shape index (κ1) is 12.2. The van der Waals surface area contributed by atoms with E-state index < -0.39 is 0 Å². The summed E-state index contributed by atoms with van der Waals surface area (Å²) in [7, 11) is 0. The molecular weight excluding hydrogens is 304 g/mol. The lowest BCUT2D eigenvalue weighted by atomic mass is 9.87. The van der Waals surface area contributed by atoms with E-state index >= 15 is 0 Å². The van der Waals surface area contributed by atoms with Crippen molar-refractivity contribution in [1.29, 1.82) is 0 Å². The van der Waals surface area contributed by atoms with E-state index in [0.29, 0.717) is 0 Å². The summed E-state index contributed by atoms with van der Waals surface area (Å²) in [6.45, 7) is 2.22. The quantitative estimate of drug-likeness (QED) is 0.864. The normalized spacial score (nSPS) is 34.3. The maximum atomic E-state index is 6.39. The van der Waals surface area contributed by atoms with Gasteiger partial charge >= 0.3 is 0 Å². The molecule has 0 aromatic heterocycles. The molecule has 2 unspecified atom stereocenters. The maximum absolute atomic E-state index is 6.39. The Bertz CT molecular complexity index is 517. The first-order valence-corrected chi connectivity index (χ1v) is 7.93. The Hall–Kier alpha value is -0.580. The van der Waals surface area contributed by atoms with Gasteiger partial charge < -0.3 is 10.5 Å². The molecule has 1 saturated heterocycles. The van der Waals surface area contributed by atoms with Gasteiger partial charge in [0, 0.05) is 48.1 Å². The third-order valence-electron chi connectivity index (χ3n) is 4.70. The molecule has 3 nitrogen and oxygen atoms in total. The number of nitrogens with zero attached hydrogens (tertiary/aromatic N) is 1. The average molecular weight is 323 g/mol. The van der Waals surface area contributed by atoms with Crippen molar-refractivity contribution in [2.24, 2.45) is 5.73 Å². The Morgan fingerprint density at radius 2 is 2.21 bits per heavy atom. The summed E-state index contributed by atoms with van der Waals surface area (Å²) in [5.41, 5.74) is 7.48. The van der Waals surface area contributed by atoms with E-state index in [4.69, 9.17) is 10.5 Å². The number of benzene rings is 1. The van der Waals surface area contributed by atoms with E-state index in [1.807, 2.05) is 6.07 Å². The van der Waals surface area contributed by atoms with Crippen LogP contribution in [0.2, 0.25) is 0 Å². The zero-order valence-corrected chi connectivity index (χ0v) is 12.5. The highest BCUT2D eigenvalue weighted by atomic mass is 79.9. The summed E-state index contributed by atoms with van der Waals surface area (Å²) in [6, 6.07) is 7.13. The fourth-order valence-electron chi connectivity index (χ4n) is 3.57. The van der Waals surface area contributed by atoms with E-state index in [0.717, 1.165) is 41.2 Å². The number of halogens is 1. The van der Waals surface area contributed by atoms with E-state index in [9.17, 15) is 0 Å². The van der Waals surface area contributed by atoms with Crippen LogP contribution in [-0.4, -0.2) is 29.6 Å². The van der Waals surface area contributed by atoms with Gasteiger partial charge in [-0.15, -0.1) is 0 Å². The maximum Gasteiger partial charge on any atom is 0.126 e. The van der Waals surface area contributed by atoms with Crippen molar-refractivity contribution in [3.05, 3.63) is 28.2 Å². The Balaban J connectivity index is 1.63. The van der Waals surface area contributed by atoms with Crippen molar-refractivity contribution < 1.29 is 4.74 Å². The monoisotopic (exact) mass is 322 g/mol. The SMILES string of the molecule is NC1CC2(CCN(C3CC3)C2)Oc2cc(Br)ccc21. The van der Waals surface area contributed by atoms with E-state index in [1.165, 1.54) is 19.4 Å². The molecule has 4 rings (SSSR count). The van der Waals surface area contributed by atoms with Gasteiger partial charge in [-0.05, 0) is 25.0 Å². The van der Waals surface area contributed by atoms with Gasteiger partial charge in [0.25, 0.3) is 0 Å². The highest BCUT2D eigenvalue weighted by molar-refractivity contribution is 9.10. The third kappa shape index (κ3) is 2.10.